The van der Waals surface area contributed by atoms with E-state index in [1.54, 1.807) is 19.2 Å². The first-order chi connectivity index (χ1) is 12.7. The van der Waals surface area contributed by atoms with Crippen LogP contribution in [0, 0.1) is 17.9 Å². The molecule has 0 amide bonds. The molecule has 126 valence electrons. The number of methoxy groups -OCH3 is 2. The Labute approximate surface area is 151 Å². The van der Waals surface area contributed by atoms with Crippen molar-refractivity contribution in [2.75, 3.05) is 14.2 Å². The first-order valence-corrected chi connectivity index (χ1v) is 7.82. The monoisotopic (exact) mass is 341 g/mol. The lowest BCUT2D eigenvalue weighted by Gasteiger charge is -2.12. The molecule has 0 saturated carbocycles. The van der Waals surface area contributed by atoms with Crippen molar-refractivity contribution in [1.82, 2.24) is 4.98 Å². The van der Waals surface area contributed by atoms with Crippen molar-refractivity contribution in [3.05, 3.63) is 77.3 Å². The van der Waals surface area contributed by atoms with E-state index in [9.17, 15) is 0 Å². The molecule has 0 saturated heterocycles. The summed E-state index contributed by atoms with van der Waals surface area (Å²) in [5, 5.41) is 9.98. The molecule has 5 heteroatoms. The summed E-state index contributed by atoms with van der Waals surface area (Å²) in [6.07, 6.45) is 0. The normalized spacial score (nSPS) is 11.2. The summed E-state index contributed by atoms with van der Waals surface area (Å²) in [7, 11) is 3.06. The highest BCUT2D eigenvalue weighted by molar-refractivity contribution is 5.90. The Bertz CT molecular complexity index is 1060. The van der Waals surface area contributed by atoms with Crippen molar-refractivity contribution in [2.24, 2.45) is 0 Å². The number of fused-ring (bicyclic) bond motifs is 1. The standard InChI is InChI=1S/C21H15N3O2/c1-23-19(13-22)21(26-3)15-9-10-16-18(11-15)24-17(12-20(16)25-2)14-7-5-4-6-8-14/h4-12H,2-3H3/b21-19-. The van der Waals surface area contributed by atoms with E-state index >= 15 is 0 Å². The summed E-state index contributed by atoms with van der Waals surface area (Å²) in [6.45, 7) is 7.15. The molecule has 3 aromatic rings. The maximum absolute atomic E-state index is 9.14. The van der Waals surface area contributed by atoms with E-state index < -0.39 is 0 Å². The first-order valence-electron chi connectivity index (χ1n) is 7.82. The number of nitriles is 1. The van der Waals surface area contributed by atoms with E-state index in [0.717, 1.165) is 16.6 Å². The molecule has 3 rings (SSSR count). The van der Waals surface area contributed by atoms with Crippen molar-refractivity contribution < 1.29 is 9.47 Å². The van der Waals surface area contributed by atoms with Crippen LogP contribution >= 0.6 is 0 Å². The second-order valence-corrected chi connectivity index (χ2v) is 5.41. The Hall–Kier alpha value is -3.83. The Morgan fingerprint density at radius 3 is 2.50 bits per heavy atom. The lowest BCUT2D eigenvalue weighted by molar-refractivity contribution is 0.368. The fourth-order valence-electron chi connectivity index (χ4n) is 2.74. The molecule has 0 spiro atoms. The fourth-order valence-corrected chi connectivity index (χ4v) is 2.74. The Morgan fingerprint density at radius 1 is 1.12 bits per heavy atom. The van der Waals surface area contributed by atoms with Crippen molar-refractivity contribution >= 4 is 16.7 Å². The number of ether oxygens (including phenoxy) is 2. The van der Waals surface area contributed by atoms with Crippen LogP contribution in [0.15, 0.2) is 60.3 Å². The van der Waals surface area contributed by atoms with Gasteiger partial charge in [-0.15, -0.1) is 0 Å². The zero-order chi connectivity index (χ0) is 18.5. The van der Waals surface area contributed by atoms with Crippen molar-refractivity contribution in [2.45, 2.75) is 0 Å². The maximum Gasteiger partial charge on any atom is 0.303 e. The quantitative estimate of drug-likeness (QED) is 0.393. The summed E-state index contributed by atoms with van der Waals surface area (Å²) in [5.74, 6) is 0.935. The maximum atomic E-state index is 9.14. The Morgan fingerprint density at radius 2 is 1.88 bits per heavy atom. The van der Waals surface area contributed by atoms with Crippen LogP contribution in [0.3, 0.4) is 0 Å². The third-order valence-corrected chi connectivity index (χ3v) is 3.96. The number of hydrogen-bond acceptors (Lipinski definition) is 4. The predicted molar refractivity (Wildman–Crippen MR) is 99.9 cm³/mol. The second-order valence-electron chi connectivity index (χ2n) is 5.41. The van der Waals surface area contributed by atoms with Crippen LogP contribution in [0.4, 0.5) is 0 Å². The number of hydrogen-bond donors (Lipinski definition) is 0. The number of rotatable bonds is 4. The summed E-state index contributed by atoms with van der Waals surface area (Å²) in [4.78, 5) is 7.96. The van der Waals surface area contributed by atoms with Gasteiger partial charge in [-0.3, -0.25) is 0 Å². The summed E-state index contributed by atoms with van der Waals surface area (Å²) in [5.41, 5.74) is 2.96. The molecule has 0 aliphatic rings. The largest absolute Gasteiger partial charge is 0.506 e. The van der Waals surface area contributed by atoms with Gasteiger partial charge >= 0.3 is 5.70 Å². The molecule has 5 nitrogen and oxygen atoms in total. The van der Waals surface area contributed by atoms with Gasteiger partial charge in [0, 0.05) is 22.6 Å². The van der Waals surface area contributed by atoms with Crippen LogP contribution < -0.4 is 4.74 Å². The molecule has 0 fully saturated rings. The topological polar surface area (TPSA) is 59.5 Å². The van der Waals surface area contributed by atoms with Crippen molar-refractivity contribution in [3.63, 3.8) is 0 Å². The lowest BCUT2D eigenvalue weighted by Crippen LogP contribution is -1.95. The molecule has 2 aromatic carbocycles. The average Bonchev–Trinajstić information content (AvgIpc) is 2.71. The number of pyridine rings is 1. The van der Waals surface area contributed by atoms with Crippen LogP contribution in [-0.4, -0.2) is 19.2 Å². The fraction of sp³-hybridized carbons (Fsp3) is 0.0952. The number of allylic oxidation sites excluding steroid dienone is 1. The van der Waals surface area contributed by atoms with Gasteiger partial charge < -0.3 is 9.47 Å². The molecule has 0 atom stereocenters. The summed E-state index contributed by atoms with van der Waals surface area (Å²) >= 11 is 0. The zero-order valence-electron chi connectivity index (χ0n) is 14.4. The molecular weight excluding hydrogens is 326 g/mol. The van der Waals surface area contributed by atoms with Gasteiger partial charge in [0.25, 0.3) is 0 Å². The van der Waals surface area contributed by atoms with E-state index in [-0.39, 0.29) is 11.5 Å². The lowest BCUT2D eigenvalue weighted by atomic mass is 10.1. The molecule has 0 radical (unpaired) electrons. The molecule has 26 heavy (non-hydrogen) atoms. The smallest absolute Gasteiger partial charge is 0.303 e. The van der Waals surface area contributed by atoms with Crippen molar-refractivity contribution in [3.8, 4) is 23.1 Å². The minimum Gasteiger partial charge on any atom is -0.506 e. The molecule has 1 aromatic heterocycles. The molecule has 0 bridgehead atoms. The predicted octanol–water partition coefficient (Wildman–Crippen LogP) is 4.67. The van der Waals surface area contributed by atoms with Crippen LogP contribution in [0.25, 0.3) is 32.8 Å². The van der Waals surface area contributed by atoms with Crippen LogP contribution in [0.1, 0.15) is 5.56 Å². The first kappa shape index (κ1) is 17.0. The zero-order valence-corrected chi connectivity index (χ0v) is 14.4. The van der Waals surface area contributed by atoms with E-state index in [2.05, 4.69) is 4.85 Å². The minimum absolute atomic E-state index is 0.0990. The van der Waals surface area contributed by atoms with Gasteiger partial charge in [-0.05, 0) is 12.1 Å². The van der Waals surface area contributed by atoms with Gasteiger partial charge in [0.05, 0.1) is 38.1 Å². The van der Waals surface area contributed by atoms with Gasteiger partial charge in [0.15, 0.2) is 0 Å². The van der Waals surface area contributed by atoms with E-state index in [0.29, 0.717) is 16.8 Å². The molecule has 0 N–H and O–H groups in total. The molecule has 1 heterocycles. The number of nitrogens with zero attached hydrogens (tertiary/aromatic N) is 3. The highest BCUT2D eigenvalue weighted by atomic mass is 16.5. The van der Waals surface area contributed by atoms with E-state index in [4.69, 9.17) is 26.3 Å². The highest BCUT2D eigenvalue weighted by Gasteiger charge is 2.14. The van der Waals surface area contributed by atoms with E-state index in [1.807, 2.05) is 48.5 Å². The molecule has 0 aliphatic carbocycles. The molecule has 0 aliphatic heterocycles. The molecule has 0 unspecified atom stereocenters. The molecular formula is C21H15N3O2. The number of benzene rings is 2. The van der Waals surface area contributed by atoms with Gasteiger partial charge in [-0.1, -0.05) is 36.4 Å². The third-order valence-electron chi connectivity index (χ3n) is 3.96. The third kappa shape index (κ3) is 3.07. The van der Waals surface area contributed by atoms with Crippen LogP contribution in [-0.2, 0) is 4.74 Å². The Balaban J connectivity index is 2.25. The number of aromatic nitrogens is 1. The Kier molecular flexibility index (Phi) is 4.83. The van der Waals surface area contributed by atoms with Gasteiger partial charge in [0.2, 0.25) is 0 Å². The second kappa shape index (κ2) is 7.38. The average molecular weight is 341 g/mol. The van der Waals surface area contributed by atoms with Crippen molar-refractivity contribution in [1.29, 1.82) is 5.26 Å². The summed E-state index contributed by atoms with van der Waals surface area (Å²) in [6, 6.07) is 19.0. The minimum atomic E-state index is -0.0990. The van der Waals surface area contributed by atoms with Gasteiger partial charge in [-0.2, -0.15) is 0 Å². The SMILES string of the molecule is [C-]#[N+]/C(C#N)=C(\OC)c1ccc2c(OC)cc(-c3ccccc3)nc2c1. The van der Waals surface area contributed by atoms with Crippen LogP contribution in [0.2, 0.25) is 0 Å². The van der Waals surface area contributed by atoms with E-state index in [1.165, 1.54) is 7.11 Å². The van der Waals surface area contributed by atoms with Gasteiger partial charge in [-0.25, -0.2) is 15.1 Å². The van der Waals surface area contributed by atoms with Gasteiger partial charge in [0.1, 0.15) is 11.5 Å². The summed E-state index contributed by atoms with van der Waals surface area (Å²) < 4.78 is 10.8. The van der Waals surface area contributed by atoms with Crippen LogP contribution in [0.5, 0.6) is 5.75 Å². The highest BCUT2D eigenvalue weighted by Crippen LogP contribution is 2.32.